The average Bonchev–Trinajstić information content (AvgIpc) is 2.99. The van der Waals surface area contributed by atoms with Crippen molar-refractivity contribution in [3.05, 3.63) is 105 Å². The number of aryl methyl sites for hydroxylation is 1. The van der Waals surface area contributed by atoms with Crippen LogP contribution < -0.4 is 26.2 Å². The van der Waals surface area contributed by atoms with E-state index in [2.05, 4.69) is 33.2 Å². The minimum absolute atomic E-state index is 0.158. The van der Waals surface area contributed by atoms with Gasteiger partial charge >= 0.3 is 0 Å². The Hall–Kier alpha value is -3.97. The van der Waals surface area contributed by atoms with Crippen molar-refractivity contribution in [2.45, 2.75) is 38.4 Å². The highest BCUT2D eigenvalue weighted by Crippen LogP contribution is 2.43. The Bertz CT molecular complexity index is 1590. The predicted octanol–water partition coefficient (Wildman–Crippen LogP) is 4.81. The van der Waals surface area contributed by atoms with E-state index in [-0.39, 0.29) is 12.1 Å². The molecular weight excluding hydrogens is 488 g/mol. The van der Waals surface area contributed by atoms with Crippen molar-refractivity contribution in [3.8, 4) is 5.75 Å². The molecule has 0 saturated carbocycles. The summed E-state index contributed by atoms with van der Waals surface area (Å²) in [5, 5.41) is 7.79. The quantitative estimate of drug-likeness (QED) is 0.241. The number of rotatable bonds is 9. The van der Waals surface area contributed by atoms with E-state index in [0.717, 1.165) is 53.7 Å². The maximum Gasteiger partial charge on any atom is 0.253 e. The predicted molar refractivity (Wildman–Crippen MR) is 156 cm³/mol. The average molecular weight is 523 g/mol. The third-order valence-corrected chi connectivity index (χ3v) is 8.66. The number of benzene rings is 2. The van der Waals surface area contributed by atoms with E-state index in [1.54, 1.807) is 7.11 Å². The second-order valence-corrected chi connectivity index (χ2v) is 10.9. The molecule has 200 valence electrons. The second kappa shape index (κ2) is 10.3. The van der Waals surface area contributed by atoms with Crippen molar-refractivity contribution in [2.75, 3.05) is 30.8 Å². The Kier molecular flexibility index (Phi) is 6.69. The summed E-state index contributed by atoms with van der Waals surface area (Å²) < 4.78 is 5.54. The van der Waals surface area contributed by atoms with E-state index in [1.165, 1.54) is 5.56 Å². The molecule has 4 heterocycles. The summed E-state index contributed by atoms with van der Waals surface area (Å²) >= 11 is 0. The minimum Gasteiger partial charge on any atom is -0.497 e. The summed E-state index contributed by atoms with van der Waals surface area (Å²) in [6, 6.07) is 16.0. The van der Waals surface area contributed by atoms with Gasteiger partial charge in [0.15, 0.2) is 0 Å². The standard InChI is InChI=1S/C32H34N4O3/c1-4-21-18-36-14-12-22(21)15-27(36)28(24-11-13-33-26-10-9-23(39-3)16-25(24)26)35-30-29(31(37)32(30)38)34-17-20-7-5-19(2)6-8-20/h4-11,13,16,21-22,27-28,34-35H,1,12,14-15,17-18H2,2-3H3/t21-,22-,27-,28-/m0/s1. The monoisotopic (exact) mass is 522 g/mol. The fraction of sp³-hybridized carbons (Fsp3) is 0.344. The van der Waals surface area contributed by atoms with Crippen molar-refractivity contribution in [2.24, 2.45) is 11.8 Å². The Morgan fingerprint density at radius 2 is 1.92 bits per heavy atom. The first-order valence-corrected chi connectivity index (χ1v) is 13.7. The van der Waals surface area contributed by atoms with Crippen molar-refractivity contribution in [1.82, 2.24) is 9.88 Å². The molecule has 3 aliphatic rings. The second-order valence-electron chi connectivity index (χ2n) is 10.9. The van der Waals surface area contributed by atoms with E-state index in [4.69, 9.17) is 4.74 Å². The van der Waals surface area contributed by atoms with E-state index in [9.17, 15) is 9.59 Å². The molecule has 0 amide bonds. The number of hydrogen-bond donors (Lipinski definition) is 2. The molecule has 0 radical (unpaired) electrons. The largest absolute Gasteiger partial charge is 0.497 e. The number of ether oxygens (including phenoxy) is 1. The lowest BCUT2D eigenvalue weighted by Gasteiger charge is -2.52. The number of aromatic nitrogens is 1. The van der Waals surface area contributed by atoms with Crippen LogP contribution >= 0.6 is 0 Å². The first-order chi connectivity index (χ1) is 19.0. The van der Waals surface area contributed by atoms with Crippen molar-refractivity contribution >= 4 is 22.3 Å². The number of nitrogens with one attached hydrogen (secondary N) is 2. The molecule has 3 aromatic carbocycles. The van der Waals surface area contributed by atoms with Gasteiger partial charge in [0.2, 0.25) is 0 Å². The van der Waals surface area contributed by atoms with E-state index in [0.29, 0.717) is 29.8 Å². The maximum atomic E-state index is 12.9. The van der Waals surface area contributed by atoms with Crippen LogP contribution in [-0.4, -0.2) is 36.1 Å². The zero-order chi connectivity index (χ0) is 27.1. The van der Waals surface area contributed by atoms with Crippen molar-refractivity contribution in [3.63, 3.8) is 0 Å². The number of hydrogen-bond acceptors (Lipinski definition) is 7. The highest BCUT2D eigenvalue weighted by Gasteiger charge is 2.43. The molecule has 3 aliphatic heterocycles. The lowest BCUT2D eigenvalue weighted by atomic mass is 9.73. The smallest absolute Gasteiger partial charge is 0.253 e. The Labute approximate surface area is 228 Å². The Morgan fingerprint density at radius 3 is 2.64 bits per heavy atom. The van der Waals surface area contributed by atoms with Crippen LogP contribution in [0.4, 0.5) is 11.4 Å². The van der Waals surface area contributed by atoms with Gasteiger partial charge in [0, 0.05) is 30.7 Å². The zero-order valence-electron chi connectivity index (χ0n) is 22.4. The molecule has 1 unspecified atom stereocenters. The summed E-state index contributed by atoms with van der Waals surface area (Å²) in [5.41, 5.74) is 3.93. The number of fused-ring (bicyclic) bond motifs is 4. The summed E-state index contributed by atoms with van der Waals surface area (Å²) in [6.45, 7) is 8.55. The van der Waals surface area contributed by atoms with Gasteiger partial charge in [-0.2, -0.15) is 0 Å². The molecule has 2 N–H and O–H groups in total. The highest BCUT2D eigenvalue weighted by molar-refractivity contribution is 5.85. The lowest BCUT2D eigenvalue weighted by molar-refractivity contribution is 0.0105. The normalized spacial score (nSPS) is 23.0. The molecule has 7 heteroatoms. The van der Waals surface area contributed by atoms with E-state index < -0.39 is 10.9 Å². The Morgan fingerprint density at radius 1 is 1.13 bits per heavy atom. The summed E-state index contributed by atoms with van der Waals surface area (Å²) in [5.74, 6) is 1.78. The molecule has 7 nitrogen and oxygen atoms in total. The number of piperidine rings is 3. The summed E-state index contributed by atoms with van der Waals surface area (Å²) in [7, 11) is 1.66. The molecule has 39 heavy (non-hydrogen) atoms. The number of anilines is 2. The van der Waals surface area contributed by atoms with Gasteiger partial charge < -0.3 is 15.4 Å². The van der Waals surface area contributed by atoms with Gasteiger partial charge in [-0.25, -0.2) is 0 Å². The van der Waals surface area contributed by atoms with Crippen LogP contribution in [0.15, 0.2) is 77.0 Å². The fourth-order valence-corrected chi connectivity index (χ4v) is 6.40. The summed E-state index contributed by atoms with van der Waals surface area (Å²) in [4.78, 5) is 32.7. The van der Waals surface area contributed by atoms with Gasteiger partial charge in [0.05, 0.1) is 18.7 Å². The van der Waals surface area contributed by atoms with Crippen molar-refractivity contribution in [1.29, 1.82) is 0 Å². The molecule has 3 fully saturated rings. The maximum absolute atomic E-state index is 12.9. The molecular formula is C32H34N4O3. The molecule has 7 rings (SSSR count). The SMILES string of the molecule is C=C[C@H]1CN2CC[C@H]1C[C@H]2[C@@H](Nc1c(NCc2ccc(C)cc2)c(=O)c1=O)c1ccnc2ccc(OC)cc12. The minimum atomic E-state index is -0.471. The van der Waals surface area contributed by atoms with Crippen LogP contribution in [0, 0.1) is 18.8 Å². The highest BCUT2D eigenvalue weighted by atomic mass is 16.5. The van der Waals surface area contributed by atoms with E-state index >= 15 is 0 Å². The third kappa shape index (κ3) is 4.61. The molecule has 0 aliphatic carbocycles. The summed E-state index contributed by atoms with van der Waals surface area (Å²) in [6.07, 6.45) is 6.05. The first-order valence-electron chi connectivity index (χ1n) is 13.7. The number of methoxy groups -OCH3 is 1. The van der Waals surface area contributed by atoms with E-state index in [1.807, 2.05) is 61.7 Å². The van der Waals surface area contributed by atoms with Crippen LogP contribution in [0.25, 0.3) is 10.9 Å². The first kappa shape index (κ1) is 25.3. The zero-order valence-corrected chi connectivity index (χ0v) is 22.4. The Balaban J connectivity index is 1.38. The molecule has 5 atom stereocenters. The number of nitrogens with zero attached hydrogens (tertiary/aromatic N) is 2. The fourth-order valence-electron chi connectivity index (χ4n) is 6.40. The third-order valence-electron chi connectivity index (χ3n) is 8.66. The van der Waals surface area contributed by atoms with Gasteiger partial charge in [-0.1, -0.05) is 35.9 Å². The van der Waals surface area contributed by atoms with Crippen LogP contribution in [0.2, 0.25) is 0 Å². The van der Waals surface area contributed by atoms with Crippen LogP contribution in [0.1, 0.15) is 35.6 Å². The molecule has 2 bridgehead atoms. The van der Waals surface area contributed by atoms with Gasteiger partial charge in [0.25, 0.3) is 10.9 Å². The topological polar surface area (TPSA) is 83.6 Å². The van der Waals surface area contributed by atoms with Gasteiger partial charge in [-0.05, 0) is 73.5 Å². The van der Waals surface area contributed by atoms with Gasteiger partial charge in [-0.15, -0.1) is 6.58 Å². The van der Waals surface area contributed by atoms with Crippen LogP contribution in [0.3, 0.4) is 0 Å². The van der Waals surface area contributed by atoms with Gasteiger partial charge in [-0.3, -0.25) is 19.5 Å². The van der Waals surface area contributed by atoms with Gasteiger partial charge in [0.1, 0.15) is 17.1 Å². The van der Waals surface area contributed by atoms with Crippen molar-refractivity contribution < 1.29 is 4.74 Å². The number of pyridine rings is 1. The molecule has 4 aromatic rings. The molecule has 1 aromatic heterocycles. The van der Waals surface area contributed by atoms with Crippen LogP contribution in [-0.2, 0) is 6.54 Å². The molecule has 3 saturated heterocycles. The van der Waals surface area contributed by atoms with Crippen LogP contribution in [0.5, 0.6) is 5.75 Å². The lowest BCUT2D eigenvalue weighted by Crippen LogP contribution is -2.56. The molecule has 0 spiro atoms.